The smallest absolute Gasteiger partial charge is 0.0818 e. The fraction of sp³-hybridized carbons (Fsp3) is 0.700. The summed E-state index contributed by atoms with van der Waals surface area (Å²) in [5.41, 5.74) is 2.62. The molecule has 0 radical (unpaired) electrons. The molecule has 116 valence electrons. The zero-order valence-corrected chi connectivity index (χ0v) is 13.4. The molecule has 0 bridgehead atoms. The lowest BCUT2D eigenvalue weighted by Crippen LogP contribution is -2.20. The van der Waals surface area contributed by atoms with Gasteiger partial charge >= 0.3 is 0 Å². The molecule has 0 amide bonds. The second-order valence-electron chi connectivity index (χ2n) is 7.31. The van der Waals surface area contributed by atoms with Gasteiger partial charge in [0.2, 0.25) is 0 Å². The van der Waals surface area contributed by atoms with E-state index in [-0.39, 0.29) is 6.10 Å². The van der Waals surface area contributed by atoms with E-state index in [4.69, 9.17) is 0 Å². The van der Waals surface area contributed by atoms with E-state index in [0.29, 0.717) is 5.92 Å². The molecule has 2 fully saturated rings. The van der Waals surface area contributed by atoms with Crippen molar-refractivity contribution < 1.29 is 5.11 Å². The van der Waals surface area contributed by atoms with Crippen molar-refractivity contribution in [3.8, 4) is 0 Å². The Kier molecular flexibility index (Phi) is 5.00. The predicted octanol–water partition coefficient (Wildman–Crippen LogP) is 5.59. The molecule has 1 N–H and O–H groups in total. The molecule has 0 spiro atoms. The Morgan fingerprint density at radius 3 is 2.48 bits per heavy atom. The molecule has 1 heteroatoms. The van der Waals surface area contributed by atoms with Crippen LogP contribution in [0.15, 0.2) is 24.3 Å². The van der Waals surface area contributed by atoms with Crippen LogP contribution >= 0.6 is 0 Å². The summed E-state index contributed by atoms with van der Waals surface area (Å²) in [5.74, 6) is 2.16. The maximum absolute atomic E-state index is 10.8. The lowest BCUT2D eigenvalue weighted by atomic mass is 9.75. The first-order valence-electron chi connectivity index (χ1n) is 9.06. The van der Waals surface area contributed by atoms with Crippen LogP contribution in [-0.2, 0) is 0 Å². The average Bonchev–Trinajstić information content (AvgIpc) is 2.46. The Bertz CT molecular complexity index is 441. The molecule has 0 heterocycles. The summed E-state index contributed by atoms with van der Waals surface area (Å²) < 4.78 is 0. The van der Waals surface area contributed by atoms with Gasteiger partial charge in [-0.25, -0.2) is 0 Å². The Morgan fingerprint density at radius 1 is 1.10 bits per heavy atom. The second kappa shape index (κ2) is 6.96. The standard InChI is InChI=1S/C20H30O/c1-2-5-15-10-12-17(13-11-15)20(21)19-9-4-8-18(14-19)16-6-3-7-16/h4,8-9,14-17,20-21H,2-3,5-7,10-13H2,1H3. The minimum absolute atomic E-state index is 0.243. The molecule has 1 aromatic carbocycles. The van der Waals surface area contributed by atoms with E-state index in [1.54, 1.807) is 0 Å². The van der Waals surface area contributed by atoms with Gasteiger partial charge in [-0.3, -0.25) is 0 Å². The second-order valence-corrected chi connectivity index (χ2v) is 7.31. The minimum Gasteiger partial charge on any atom is -0.388 e. The lowest BCUT2D eigenvalue weighted by Gasteiger charge is -2.32. The molecule has 1 unspecified atom stereocenters. The summed E-state index contributed by atoms with van der Waals surface area (Å²) in [5, 5.41) is 10.8. The highest BCUT2D eigenvalue weighted by Gasteiger charge is 2.28. The van der Waals surface area contributed by atoms with Crippen LogP contribution in [0.4, 0.5) is 0 Å². The molecule has 0 aliphatic heterocycles. The van der Waals surface area contributed by atoms with E-state index < -0.39 is 0 Å². The van der Waals surface area contributed by atoms with E-state index in [1.807, 2.05) is 0 Å². The van der Waals surface area contributed by atoms with Crippen molar-refractivity contribution >= 4 is 0 Å². The molecule has 21 heavy (non-hydrogen) atoms. The van der Waals surface area contributed by atoms with E-state index in [9.17, 15) is 5.11 Å². The molecule has 0 aromatic heterocycles. The Hall–Kier alpha value is -0.820. The Morgan fingerprint density at radius 2 is 1.86 bits per heavy atom. The monoisotopic (exact) mass is 286 g/mol. The van der Waals surface area contributed by atoms with Gasteiger partial charge in [0, 0.05) is 0 Å². The van der Waals surface area contributed by atoms with Gasteiger partial charge in [-0.15, -0.1) is 0 Å². The predicted molar refractivity (Wildman–Crippen MR) is 88.3 cm³/mol. The highest BCUT2D eigenvalue weighted by atomic mass is 16.3. The number of rotatable bonds is 5. The first-order chi connectivity index (χ1) is 10.3. The van der Waals surface area contributed by atoms with Crippen molar-refractivity contribution in [1.82, 2.24) is 0 Å². The highest BCUT2D eigenvalue weighted by Crippen LogP contribution is 2.40. The summed E-state index contributed by atoms with van der Waals surface area (Å²) >= 11 is 0. The molecule has 2 aliphatic carbocycles. The Balaban J connectivity index is 1.61. The molecule has 2 saturated carbocycles. The third-order valence-corrected chi connectivity index (χ3v) is 5.86. The van der Waals surface area contributed by atoms with Gasteiger partial charge in [0.25, 0.3) is 0 Å². The molecule has 2 aliphatic rings. The zero-order valence-electron chi connectivity index (χ0n) is 13.4. The normalized spacial score (nSPS) is 28.1. The Labute approximate surface area is 129 Å². The van der Waals surface area contributed by atoms with Crippen molar-refractivity contribution in [2.24, 2.45) is 11.8 Å². The van der Waals surface area contributed by atoms with E-state index in [0.717, 1.165) is 11.8 Å². The van der Waals surface area contributed by atoms with Crippen LogP contribution in [0.5, 0.6) is 0 Å². The lowest BCUT2D eigenvalue weighted by molar-refractivity contribution is 0.0721. The molecule has 1 atom stereocenters. The van der Waals surface area contributed by atoms with Gasteiger partial charge in [0.15, 0.2) is 0 Å². The molecule has 0 saturated heterocycles. The maximum atomic E-state index is 10.8. The number of aliphatic hydroxyl groups is 1. The molecule has 1 nitrogen and oxygen atoms in total. The molecule has 3 rings (SSSR count). The SMILES string of the molecule is CCCC1CCC(C(O)c2cccc(C3CCC3)c2)CC1. The molecular formula is C20H30O. The first-order valence-corrected chi connectivity index (χ1v) is 9.06. The highest BCUT2D eigenvalue weighted by molar-refractivity contribution is 5.29. The van der Waals surface area contributed by atoms with E-state index >= 15 is 0 Å². The van der Waals surface area contributed by atoms with Crippen molar-refractivity contribution in [2.45, 2.75) is 76.7 Å². The van der Waals surface area contributed by atoms with Crippen molar-refractivity contribution in [3.63, 3.8) is 0 Å². The maximum Gasteiger partial charge on any atom is 0.0818 e. The van der Waals surface area contributed by atoms with Gasteiger partial charge < -0.3 is 5.11 Å². The quantitative estimate of drug-likeness (QED) is 0.747. The number of hydrogen-bond acceptors (Lipinski definition) is 1. The summed E-state index contributed by atoms with van der Waals surface area (Å²) in [6.45, 7) is 2.28. The molecule has 1 aromatic rings. The van der Waals surface area contributed by atoms with Crippen LogP contribution in [0, 0.1) is 11.8 Å². The summed E-state index contributed by atoms with van der Waals surface area (Å²) in [6.07, 6.45) is 11.5. The van der Waals surface area contributed by atoms with E-state index in [1.165, 1.54) is 68.9 Å². The topological polar surface area (TPSA) is 20.2 Å². The fourth-order valence-electron chi connectivity index (χ4n) is 4.21. The van der Waals surface area contributed by atoms with Crippen LogP contribution in [0.1, 0.15) is 87.9 Å². The van der Waals surface area contributed by atoms with Crippen LogP contribution in [-0.4, -0.2) is 5.11 Å². The third-order valence-electron chi connectivity index (χ3n) is 5.86. The number of benzene rings is 1. The van der Waals surface area contributed by atoms with E-state index in [2.05, 4.69) is 31.2 Å². The van der Waals surface area contributed by atoms with Gasteiger partial charge in [-0.05, 0) is 54.6 Å². The van der Waals surface area contributed by atoms with Gasteiger partial charge in [-0.2, -0.15) is 0 Å². The zero-order chi connectivity index (χ0) is 14.7. The minimum atomic E-state index is -0.243. The van der Waals surface area contributed by atoms with Crippen molar-refractivity contribution in [2.75, 3.05) is 0 Å². The largest absolute Gasteiger partial charge is 0.388 e. The van der Waals surface area contributed by atoms with Crippen LogP contribution in [0.3, 0.4) is 0 Å². The summed E-state index contributed by atoms with van der Waals surface area (Å²) in [7, 11) is 0. The molecular weight excluding hydrogens is 256 g/mol. The van der Waals surface area contributed by atoms with Crippen LogP contribution < -0.4 is 0 Å². The summed E-state index contributed by atoms with van der Waals surface area (Å²) in [6, 6.07) is 8.81. The van der Waals surface area contributed by atoms with Gasteiger partial charge in [0.05, 0.1) is 6.10 Å². The van der Waals surface area contributed by atoms with Crippen molar-refractivity contribution in [1.29, 1.82) is 0 Å². The van der Waals surface area contributed by atoms with Gasteiger partial charge in [0.1, 0.15) is 0 Å². The van der Waals surface area contributed by atoms with Crippen LogP contribution in [0.2, 0.25) is 0 Å². The third kappa shape index (κ3) is 3.51. The van der Waals surface area contributed by atoms with Crippen molar-refractivity contribution in [3.05, 3.63) is 35.4 Å². The average molecular weight is 286 g/mol. The first kappa shape index (κ1) is 15.1. The number of aliphatic hydroxyl groups excluding tert-OH is 1. The van der Waals surface area contributed by atoms with Crippen LogP contribution in [0.25, 0.3) is 0 Å². The summed E-state index contributed by atoms with van der Waals surface area (Å²) in [4.78, 5) is 0. The number of hydrogen-bond donors (Lipinski definition) is 1. The van der Waals surface area contributed by atoms with Gasteiger partial charge in [-0.1, -0.05) is 63.3 Å². The fourth-order valence-corrected chi connectivity index (χ4v) is 4.21.